The number of amides is 1. The Balaban J connectivity index is 1.87. The summed E-state index contributed by atoms with van der Waals surface area (Å²) in [5, 5.41) is 4.50. The Morgan fingerprint density at radius 2 is 2.00 bits per heavy atom. The van der Waals surface area contributed by atoms with Gasteiger partial charge in [-0.15, -0.1) is 11.3 Å². The molecule has 0 saturated carbocycles. The largest absolute Gasteiger partial charge is 0.469 e. The van der Waals surface area contributed by atoms with Crippen molar-refractivity contribution in [1.29, 1.82) is 0 Å². The first-order valence-electron chi connectivity index (χ1n) is 7.44. The Labute approximate surface area is 149 Å². The zero-order chi connectivity index (χ0) is 18.4. The maximum absolute atomic E-state index is 12.1. The van der Waals surface area contributed by atoms with Crippen molar-refractivity contribution in [2.45, 2.75) is 20.3 Å². The van der Waals surface area contributed by atoms with E-state index in [9.17, 15) is 14.4 Å². The third-order valence-corrected chi connectivity index (χ3v) is 4.11. The molecule has 1 aromatic heterocycles. The highest BCUT2D eigenvalue weighted by molar-refractivity contribution is 7.13. The monoisotopic (exact) mass is 362 g/mol. The summed E-state index contributed by atoms with van der Waals surface area (Å²) in [4.78, 5) is 39.2. The molecule has 2 rings (SSSR count). The number of carbonyl (C=O) groups excluding carboxylic acids is 3. The van der Waals surface area contributed by atoms with Gasteiger partial charge in [-0.1, -0.05) is 17.7 Å². The Bertz CT molecular complexity index is 800. The van der Waals surface area contributed by atoms with Crippen LogP contribution < -0.4 is 5.32 Å². The smallest absolute Gasteiger partial charge is 0.338 e. The van der Waals surface area contributed by atoms with E-state index in [1.807, 2.05) is 19.1 Å². The molecule has 132 valence electrons. The minimum Gasteiger partial charge on any atom is -0.469 e. The van der Waals surface area contributed by atoms with E-state index in [0.717, 1.165) is 11.1 Å². The highest BCUT2D eigenvalue weighted by atomic mass is 32.1. The summed E-state index contributed by atoms with van der Waals surface area (Å²) >= 11 is 1.17. The molecule has 8 heteroatoms. The third kappa shape index (κ3) is 5.39. The van der Waals surface area contributed by atoms with Crippen molar-refractivity contribution in [3.63, 3.8) is 0 Å². The molecule has 0 radical (unpaired) electrons. The number of rotatable bonds is 6. The number of thiazole rings is 1. The number of esters is 2. The topological polar surface area (TPSA) is 94.6 Å². The summed E-state index contributed by atoms with van der Waals surface area (Å²) in [6.07, 6.45) is 0.0322. The van der Waals surface area contributed by atoms with E-state index in [1.54, 1.807) is 18.4 Å². The van der Waals surface area contributed by atoms with E-state index in [1.165, 1.54) is 18.4 Å². The SMILES string of the molecule is COC(=O)Cc1csc(NC(=O)COC(=O)c2cc(C)ccc2C)n1. The van der Waals surface area contributed by atoms with Crippen LogP contribution in [0.15, 0.2) is 23.6 Å². The Morgan fingerprint density at radius 3 is 2.72 bits per heavy atom. The number of carbonyl (C=O) groups is 3. The third-order valence-electron chi connectivity index (χ3n) is 3.30. The van der Waals surface area contributed by atoms with Crippen LogP contribution in [-0.4, -0.2) is 36.5 Å². The molecule has 0 atom stereocenters. The van der Waals surface area contributed by atoms with Gasteiger partial charge in [0.1, 0.15) is 0 Å². The van der Waals surface area contributed by atoms with E-state index in [4.69, 9.17) is 4.74 Å². The van der Waals surface area contributed by atoms with Gasteiger partial charge in [-0.2, -0.15) is 0 Å². The molecule has 0 spiro atoms. The minimum absolute atomic E-state index is 0.0322. The minimum atomic E-state index is -0.554. The molecule has 1 aromatic carbocycles. The predicted octanol–water partition coefficient (Wildman–Crippen LogP) is 2.27. The molecule has 1 amide bonds. The van der Waals surface area contributed by atoms with Crippen LogP contribution >= 0.6 is 11.3 Å². The zero-order valence-corrected chi connectivity index (χ0v) is 14.9. The second-order valence-corrected chi connectivity index (χ2v) is 6.20. The maximum atomic E-state index is 12.1. The van der Waals surface area contributed by atoms with Gasteiger partial charge in [-0.05, 0) is 25.5 Å². The molecule has 0 aliphatic carbocycles. The first-order valence-corrected chi connectivity index (χ1v) is 8.32. The van der Waals surface area contributed by atoms with Crippen molar-refractivity contribution in [3.05, 3.63) is 46.0 Å². The Kier molecular flexibility index (Phi) is 6.24. The summed E-state index contributed by atoms with van der Waals surface area (Å²) in [6.45, 7) is 3.25. The average molecular weight is 362 g/mol. The first kappa shape index (κ1) is 18.6. The van der Waals surface area contributed by atoms with Crippen LogP contribution in [0.4, 0.5) is 5.13 Å². The molecule has 1 heterocycles. The molecule has 0 unspecified atom stereocenters. The molecule has 25 heavy (non-hydrogen) atoms. The fraction of sp³-hybridized carbons (Fsp3) is 0.294. The molecule has 0 aliphatic rings. The zero-order valence-electron chi connectivity index (χ0n) is 14.1. The van der Waals surface area contributed by atoms with Gasteiger partial charge in [0.05, 0.1) is 24.8 Å². The molecule has 0 fully saturated rings. The van der Waals surface area contributed by atoms with Crippen LogP contribution in [0.1, 0.15) is 27.2 Å². The molecular weight excluding hydrogens is 344 g/mol. The average Bonchev–Trinajstić information content (AvgIpc) is 3.01. The number of nitrogens with zero attached hydrogens (tertiary/aromatic N) is 1. The molecule has 0 bridgehead atoms. The van der Waals surface area contributed by atoms with Gasteiger partial charge in [-0.3, -0.25) is 14.9 Å². The van der Waals surface area contributed by atoms with Crippen LogP contribution in [0.25, 0.3) is 0 Å². The van der Waals surface area contributed by atoms with Crippen molar-refractivity contribution in [2.75, 3.05) is 19.0 Å². The second kappa shape index (κ2) is 8.39. The van der Waals surface area contributed by atoms with Gasteiger partial charge in [0, 0.05) is 5.38 Å². The predicted molar refractivity (Wildman–Crippen MR) is 92.7 cm³/mol. The van der Waals surface area contributed by atoms with Crippen LogP contribution in [0.5, 0.6) is 0 Å². The van der Waals surface area contributed by atoms with Gasteiger partial charge in [0.2, 0.25) is 0 Å². The van der Waals surface area contributed by atoms with Crippen molar-refractivity contribution in [2.24, 2.45) is 0 Å². The Morgan fingerprint density at radius 1 is 1.24 bits per heavy atom. The number of hydrogen-bond donors (Lipinski definition) is 1. The molecule has 0 aliphatic heterocycles. The molecule has 7 nitrogen and oxygen atoms in total. The van der Waals surface area contributed by atoms with Gasteiger partial charge >= 0.3 is 11.9 Å². The standard InChI is InChI=1S/C17H18N2O5S/c1-10-4-5-11(2)13(6-10)16(22)24-8-14(20)19-17-18-12(9-25-17)7-15(21)23-3/h4-6,9H,7-8H2,1-3H3,(H,18,19,20). The second-order valence-electron chi connectivity index (χ2n) is 5.34. The lowest BCUT2D eigenvalue weighted by Gasteiger charge is -2.07. The van der Waals surface area contributed by atoms with E-state index in [0.29, 0.717) is 16.4 Å². The van der Waals surface area contributed by atoms with Gasteiger partial charge in [0.15, 0.2) is 11.7 Å². The van der Waals surface area contributed by atoms with E-state index in [2.05, 4.69) is 15.0 Å². The fourth-order valence-electron chi connectivity index (χ4n) is 1.99. The van der Waals surface area contributed by atoms with Crippen LogP contribution in [0.3, 0.4) is 0 Å². The fourth-order valence-corrected chi connectivity index (χ4v) is 2.71. The van der Waals surface area contributed by atoms with Crippen molar-refractivity contribution < 1.29 is 23.9 Å². The van der Waals surface area contributed by atoms with Crippen molar-refractivity contribution in [1.82, 2.24) is 4.98 Å². The summed E-state index contributed by atoms with van der Waals surface area (Å²) in [5.74, 6) is -1.47. The number of ether oxygens (including phenoxy) is 2. The summed E-state index contributed by atoms with van der Waals surface area (Å²) in [7, 11) is 1.29. The van der Waals surface area contributed by atoms with Crippen LogP contribution in [0.2, 0.25) is 0 Å². The van der Waals surface area contributed by atoms with Gasteiger partial charge in [0.25, 0.3) is 5.91 Å². The first-order chi connectivity index (χ1) is 11.9. The lowest BCUT2D eigenvalue weighted by atomic mass is 10.1. The molecule has 1 N–H and O–H groups in total. The van der Waals surface area contributed by atoms with Crippen LogP contribution in [0, 0.1) is 13.8 Å². The number of methoxy groups -OCH3 is 1. The van der Waals surface area contributed by atoms with Crippen molar-refractivity contribution >= 4 is 34.3 Å². The number of hydrogen-bond acceptors (Lipinski definition) is 7. The van der Waals surface area contributed by atoms with E-state index in [-0.39, 0.29) is 6.42 Å². The number of aromatic nitrogens is 1. The molecule has 0 saturated heterocycles. The number of aryl methyl sites for hydroxylation is 2. The molecule has 2 aromatic rings. The number of nitrogens with one attached hydrogen (secondary N) is 1. The molecular formula is C17H18N2O5S. The maximum Gasteiger partial charge on any atom is 0.338 e. The summed E-state index contributed by atoms with van der Waals surface area (Å²) in [5.41, 5.74) is 2.65. The highest BCUT2D eigenvalue weighted by Gasteiger charge is 2.14. The van der Waals surface area contributed by atoms with E-state index >= 15 is 0 Å². The van der Waals surface area contributed by atoms with E-state index < -0.39 is 24.5 Å². The lowest BCUT2D eigenvalue weighted by Crippen LogP contribution is -2.21. The van der Waals surface area contributed by atoms with Crippen LogP contribution in [-0.2, 0) is 25.5 Å². The summed E-state index contributed by atoms with van der Waals surface area (Å²) in [6, 6.07) is 5.44. The van der Waals surface area contributed by atoms with Crippen molar-refractivity contribution in [3.8, 4) is 0 Å². The lowest BCUT2D eigenvalue weighted by molar-refractivity contribution is -0.139. The number of anilines is 1. The quantitative estimate of drug-likeness (QED) is 0.792. The number of benzene rings is 1. The van der Waals surface area contributed by atoms with Gasteiger partial charge < -0.3 is 9.47 Å². The van der Waals surface area contributed by atoms with Gasteiger partial charge in [-0.25, -0.2) is 9.78 Å². The summed E-state index contributed by atoms with van der Waals surface area (Å²) < 4.78 is 9.59. The normalized spacial score (nSPS) is 10.2. The Hall–Kier alpha value is -2.74. The highest BCUT2D eigenvalue weighted by Crippen LogP contribution is 2.16.